The maximum Gasteiger partial charge on any atom is 0.0625 e. The van der Waals surface area contributed by atoms with Gasteiger partial charge < -0.3 is 4.98 Å². The highest BCUT2D eigenvalue weighted by molar-refractivity contribution is 6.32. The highest BCUT2D eigenvalue weighted by Gasteiger charge is 2.10. The predicted octanol–water partition coefficient (Wildman–Crippen LogP) is 3.89. The molecule has 82 valence electrons. The summed E-state index contributed by atoms with van der Waals surface area (Å²) < 4.78 is 0. The number of nitrogens with one attached hydrogen (secondary N) is 1. The van der Waals surface area contributed by atoms with Crippen LogP contribution in [0.2, 0.25) is 5.02 Å². The summed E-state index contributed by atoms with van der Waals surface area (Å²) in [6, 6.07) is 6.13. The Balaban J connectivity index is 2.59. The van der Waals surface area contributed by atoms with E-state index in [0.29, 0.717) is 6.42 Å². The van der Waals surface area contributed by atoms with Gasteiger partial charge in [0.15, 0.2) is 0 Å². The van der Waals surface area contributed by atoms with Crippen LogP contribution in [0.1, 0.15) is 23.2 Å². The third-order valence-corrected chi connectivity index (χ3v) is 3.43. The summed E-state index contributed by atoms with van der Waals surface area (Å²) in [4.78, 5) is 3.37. The smallest absolute Gasteiger partial charge is 0.0625 e. The molecule has 0 radical (unpaired) electrons. The van der Waals surface area contributed by atoms with E-state index in [1.54, 1.807) is 0 Å². The lowest BCUT2D eigenvalue weighted by molar-refractivity contribution is 0.960. The van der Waals surface area contributed by atoms with Crippen molar-refractivity contribution in [3.8, 4) is 6.07 Å². The molecular formula is C13H13ClN2. The Morgan fingerprint density at radius 2 is 2.06 bits per heavy atom. The average Bonchev–Trinajstić information content (AvgIpc) is 2.59. The van der Waals surface area contributed by atoms with Crippen molar-refractivity contribution in [1.29, 1.82) is 5.26 Å². The summed E-state index contributed by atoms with van der Waals surface area (Å²) in [5.41, 5.74) is 4.54. The van der Waals surface area contributed by atoms with Gasteiger partial charge in [0.1, 0.15) is 0 Å². The molecule has 2 nitrogen and oxygen atoms in total. The third kappa shape index (κ3) is 1.68. The van der Waals surface area contributed by atoms with Crippen LogP contribution >= 0.6 is 11.6 Å². The normalized spacial score (nSPS) is 10.6. The van der Waals surface area contributed by atoms with Crippen LogP contribution in [-0.4, -0.2) is 4.98 Å². The maximum atomic E-state index is 8.61. The lowest BCUT2D eigenvalue weighted by Gasteiger charge is -1.98. The van der Waals surface area contributed by atoms with Crippen molar-refractivity contribution in [2.75, 3.05) is 0 Å². The van der Waals surface area contributed by atoms with Gasteiger partial charge in [-0.25, -0.2) is 0 Å². The number of rotatable bonds is 2. The average molecular weight is 233 g/mol. The zero-order chi connectivity index (χ0) is 11.7. The van der Waals surface area contributed by atoms with Gasteiger partial charge in [-0.2, -0.15) is 5.26 Å². The van der Waals surface area contributed by atoms with E-state index >= 15 is 0 Å². The van der Waals surface area contributed by atoms with Crippen LogP contribution in [0.4, 0.5) is 0 Å². The Bertz CT molecular complexity index is 576. The first-order valence-electron chi connectivity index (χ1n) is 5.28. The summed E-state index contributed by atoms with van der Waals surface area (Å²) in [5.74, 6) is 0. The predicted molar refractivity (Wildman–Crippen MR) is 66.7 cm³/mol. The maximum absolute atomic E-state index is 8.61. The molecule has 0 unspecified atom stereocenters. The van der Waals surface area contributed by atoms with Gasteiger partial charge in [0.2, 0.25) is 0 Å². The number of aromatic nitrogens is 1. The summed E-state index contributed by atoms with van der Waals surface area (Å²) >= 11 is 6.08. The molecule has 0 bridgehead atoms. The first-order chi connectivity index (χ1) is 7.65. The van der Waals surface area contributed by atoms with Crippen LogP contribution in [0.5, 0.6) is 0 Å². The van der Waals surface area contributed by atoms with Crippen LogP contribution in [0.3, 0.4) is 0 Å². The van der Waals surface area contributed by atoms with Crippen LogP contribution in [0.15, 0.2) is 12.1 Å². The molecule has 1 aromatic carbocycles. The van der Waals surface area contributed by atoms with Gasteiger partial charge in [-0.05, 0) is 31.0 Å². The number of fused-ring (bicyclic) bond motifs is 1. The third-order valence-electron chi connectivity index (χ3n) is 3.02. The first kappa shape index (κ1) is 11.0. The summed E-state index contributed by atoms with van der Waals surface area (Å²) in [5, 5.41) is 10.6. The number of nitriles is 1. The fourth-order valence-electron chi connectivity index (χ4n) is 2.00. The minimum Gasteiger partial charge on any atom is -0.358 e. The Kier molecular flexibility index (Phi) is 2.89. The topological polar surface area (TPSA) is 39.6 Å². The van der Waals surface area contributed by atoms with Gasteiger partial charge >= 0.3 is 0 Å². The Hall–Kier alpha value is -1.46. The molecule has 1 heterocycles. The van der Waals surface area contributed by atoms with Crippen LogP contribution in [0.25, 0.3) is 10.9 Å². The van der Waals surface area contributed by atoms with Gasteiger partial charge in [0.05, 0.1) is 11.6 Å². The number of halogens is 1. The second kappa shape index (κ2) is 4.19. The summed E-state index contributed by atoms with van der Waals surface area (Å²) in [6.07, 6.45) is 1.31. The van der Waals surface area contributed by atoms with E-state index in [0.717, 1.165) is 28.2 Å². The molecule has 0 aliphatic carbocycles. The van der Waals surface area contributed by atoms with Crippen LogP contribution < -0.4 is 0 Å². The van der Waals surface area contributed by atoms with Crippen molar-refractivity contribution in [3.63, 3.8) is 0 Å². The second-order valence-electron chi connectivity index (χ2n) is 3.98. The standard InChI is InChI=1S/C13H13ClN2/c1-8-10-5-6-11(14)9(2)13(10)16-12(8)4-3-7-15/h5-6,16H,3-4H2,1-2H3. The molecule has 0 saturated carbocycles. The van der Waals surface area contributed by atoms with E-state index in [9.17, 15) is 0 Å². The lowest BCUT2D eigenvalue weighted by atomic mass is 10.1. The first-order valence-corrected chi connectivity index (χ1v) is 5.66. The SMILES string of the molecule is Cc1c(CCC#N)[nH]c2c(C)c(Cl)ccc12. The molecule has 0 fully saturated rings. The van der Waals surface area contributed by atoms with E-state index in [-0.39, 0.29) is 0 Å². The van der Waals surface area contributed by atoms with Gasteiger partial charge in [0, 0.05) is 28.9 Å². The molecule has 2 aromatic rings. The molecular weight excluding hydrogens is 220 g/mol. The van der Waals surface area contributed by atoms with E-state index in [1.807, 2.05) is 19.1 Å². The molecule has 3 heteroatoms. The summed E-state index contributed by atoms with van der Waals surface area (Å²) in [6.45, 7) is 4.09. The van der Waals surface area contributed by atoms with Crippen molar-refractivity contribution in [3.05, 3.63) is 34.0 Å². The fraction of sp³-hybridized carbons (Fsp3) is 0.308. The van der Waals surface area contributed by atoms with Crippen LogP contribution in [0, 0.1) is 25.2 Å². The molecule has 0 spiro atoms. The molecule has 0 aliphatic heterocycles. The number of benzene rings is 1. The summed E-state index contributed by atoms with van der Waals surface area (Å²) in [7, 11) is 0. The van der Waals surface area contributed by atoms with E-state index in [2.05, 4.69) is 18.0 Å². The quantitative estimate of drug-likeness (QED) is 0.838. The number of aryl methyl sites for hydroxylation is 3. The molecule has 16 heavy (non-hydrogen) atoms. The lowest BCUT2D eigenvalue weighted by Crippen LogP contribution is -1.86. The highest BCUT2D eigenvalue weighted by Crippen LogP contribution is 2.29. The Morgan fingerprint density at radius 1 is 1.31 bits per heavy atom. The number of aromatic amines is 1. The van der Waals surface area contributed by atoms with Gasteiger partial charge in [-0.1, -0.05) is 17.7 Å². The Labute approximate surface area is 99.8 Å². The molecule has 0 atom stereocenters. The van der Waals surface area contributed by atoms with E-state index < -0.39 is 0 Å². The van der Waals surface area contributed by atoms with Gasteiger partial charge in [-0.3, -0.25) is 0 Å². The van der Waals surface area contributed by atoms with E-state index in [1.165, 1.54) is 10.9 Å². The molecule has 0 saturated heterocycles. The van der Waals surface area contributed by atoms with Crippen molar-refractivity contribution in [1.82, 2.24) is 4.98 Å². The van der Waals surface area contributed by atoms with Crippen LogP contribution in [-0.2, 0) is 6.42 Å². The number of nitrogens with zero attached hydrogens (tertiary/aromatic N) is 1. The number of hydrogen-bond acceptors (Lipinski definition) is 1. The van der Waals surface area contributed by atoms with Gasteiger partial charge in [-0.15, -0.1) is 0 Å². The molecule has 1 N–H and O–H groups in total. The Morgan fingerprint density at radius 3 is 2.75 bits per heavy atom. The molecule has 2 rings (SSSR count). The fourth-order valence-corrected chi connectivity index (χ4v) is 2.16. The second-order valence-corrected chi connectivity index (χ2v) is 4.39. The zero-order valence-electron chi connectivity index (χ0n) is 9.39. The van der Waals surface area contributed by atoms with Gasteiger partial charge in [0.25, 0.3) is 0 Å². The molecule has 1 aromatic heterocycles. The van der Waals surface area contributed by atoms with Crippen molar-refractivity contribution in [2.24, 2.45) is 0 Å². The number of hydrogen-bond donors (Lipinski definition) is 1. The number of H-pyrrole nitrogens is 1. The monoisotopic (exact) mass is 232 g/mol. The minimum atomic E-state index is 0.542. The molecule has 0 aliphatic rings. The van der Waals surface area contributed by atoms with Crippen molar-refractivity contribution in [2.45, 2.75) is 26.7 Å². The van der Waals surface area contributed by atoms with Crippen molar-refractivity contribution >= 4 is 22.5 Å². The van der Waals surface area contributed by atoms with E-state index in [4.69, 9.17) is 16.9 Å². The molecule has 0 amide bonds. The van der Waals surface area contributed by atoms with Crippen molar-refractivity contribution < 1.29 is 0 Å². The minimum absolute atomic E-state index is 0.542. The highest BCUT2D eigenvalue weighted by atomic mass is 35.5. The zero-order valence-corrected chi connectivity index (χ0v) is 10.2. The largest absolute Gasteiger partial charge is 0.358 e.